The number of anilines is 1. The number of aryl methyl sites for hydroxylation is 1. The number of amides is 1. The number of nitrogens with one attached hydrogen (secondary N) is 1. The lowest BCUT2D eigenvalue weighted by Gasteiger charge is -2.15. The van der Waals surface area contributed by atoms with Crippen molar-refractivity contribution in [2.24, 2.45) is 0 Å². The molecule has 1 aliphatic heterocycles. The van der Waals surface area contributed by atoms with Crippen LogP contribution in [0.3, 0.4) is 0 Å². The van der Waals surface area contributed by atoms with E-state index in [9.17, 15) is 4.79 Å². The molecule has 0 radical (unpaired) electrons. The van der Waals surface area contributed by atoms with Crippen LogP contribution in [0.25, 0.3) is 21.0 Å². The van der Waals surface area contributed by atoms with Gasteiger partial charge < -0.3 is 19.2 Å². The van der Waals surface area contributed by atoms with E-state index < -0.39 is 0 Å². The fourth-order valence-electron chi connectivity index (χ4n) is 3.55. The van der Waals surface area contributed by atoms with E-state index in [2.05, 4.69) is 10.3 Å². The summed E-state index contributed by atoms with van der Waals surface area (Å²) >= 11 is 1.53. The fourth-order valence-corrected chi connectivity index (χ4v) is 4.47. The largest absolute Gasteiger partial charge is 0.489 e. The summed E-state index contributed by atoms with van der Waals surface area (Å²) < 4.78 is 18.5. The number of carbonyl (C=O) groups is 1. The Bertz CT molecular complexity index is 1190. The minimum atomic E-state index is -0.335. The molecule has 6 nitrogen and oxygen atoms in total. The van der Waals surface area contributed by atoms with E-state index in [1.807, 2.05) is 49.4 Å². The second-order valence-corrected chi connectivity index (χ2v) is 8.58. The van der Waals surface area contributed by atoms with E-state index in [0.29, 0.717) is 23.8 Å². The highest BCUT2D eigenvalue weighted by Crippen LogP contribution is 2.32. The molecule has 0 bridgehead atoms. The normalized spacial score (nSPS) is 16.0. The number of aromatic nitrogens is 1. The van der Waals surface area contributed by atoms with Gasteiger partial charge in [0, 0.05) is 6.61 Å². The summed E-state index contributed by atoms with van der Waals surface area (Å²) in [7, 11) is 0. The van der Waals surface area contributed by atoms with Gasteiger partial charge in [-0.1, -0.05) is 18.2 Å². The van der Waals surface area contributed by atoms with Gasteiger partial charge >= 0.3 is 0 Å². The van der Waals surface area contributed by atoms with E-state index in [1.54, 1.807) is 12.1 Å². The molecule has 0 saturated carbocycles. The second-order valence-electron chi connectivity index (χ2n) is 7.55. The Morgan fingerprint density at radius 2 is 2.13 bits per heavy atom. The summed E-state index contributed by atoms with van der Waals surface area (Å²) in [6.07, 6.45) is 2.15. The average Bonchev–Trinajstić information content (AvgIpc) is 3.53. The number of hydrogen-bond donors (Lipinski definition) is 1. The molecule has 0 aliphatic carbocycles. The lowest BCUT2D eigenvalue weighted by Crippen LogP contribution is -2.18. The van der Waals surface area contributed by atoms with Crippen molar-refractivity contribution in [2.75, 3.05) is 18.5 Å². The first-order valence-corrected chi connectivity index (χ1v) is 11.1. The van der Waals surface area contributed by atoms with Crippen LogP contribution in [0, 0.1) is 6.92 Å². The van der Waals surface area contributed by atoms with E-state index in [1.165, 1.54) is 11.3 Å². The van der Waals surface area contributed by atoms with Crippen molar-refractivity contribution in [3.05, 3.63) is 65.9 Å². The van der Waals surface area contributed by atoms with Gasteiger partial charge in [0.2, 0.25) is 0 Å². The van der Waals surface area contributed by atoms with Crippen LogP contribution in [-0.4, -0.2) is 30.2 Å². The molecule has 1 fully saturated rings. The molecule has 1 unspecified atom stereocenters. The number of para-hydroxylation sites is 1. The third kappa shape index (κ3) is 4.33. The number of thiazole rings is 1. The van der Waals surface area contributed by atoms with Gasteiger partial charge in [0.05, 0.1) is 22.0 Å². The Labute approximate surface area is 183 Å². The van der Waals surface area contributed by atoms with Crippen LogP contribution in [0.5, 0.6) is 5.75 Å². The summed E-state index contributed by atoms with van der Waals surface area (Å²) in [4.78, 5) is 17.4. The van der Waals surface area contributed by atoms with E-state index in [-0.39, 0.29) is 17.8 Å². The molecule has 158 valence electrons. The van der Waals surface area contributed by atoms with Gasteiger partial charge in [-0.25, -0.2) is 4.98 Å². The zero-order valence-corrected chi connectivity index (χ0v) is 17.9. The van der Waals surface area contributed by atoms with E-state index >= 15 is 0 Å². The third-order valence-corrected chi connectivity index (χ3v) is 6.22. The Hall–Kier alpha value is -3.16. The maximum atomic E-state index is 12.8. The number of fused-ring (bicyclic) bond motifs is 1. The molecule has 0 spiro atoms. The molecule has 1 N–H and O–H groups in total. The monoisotopic (exact) mass is 434 g/mol. The molecule has 7 heteroatoms. The SMILES string of the molecule is Cc1ccc(NC(=O)c2ccc(-c3nc4ccccc4s3)o2)c(OCC2CCCO2)c1. The topological polar surface area (TPSA) is 73.6 Å². The number of rotatable bonds is 6. The number of furan rings is 1. The lowest BCUT2D eigenvalue weighted by molar-refractivity contribution is 0.0681. The predicted octanol–water partition coefficient (Wildman–Crippen LogP) is 5.67. The van der Waals surface area contributed by atoms with Crippen LogP contribution in [0.4, 0.5) is 5.69 Å². The first-order chi connectivity index (χ1) is 15.2. The van der Waals surface area contributed by atoms with Crippen molar-refractivity contribution in [1.29, 1.82) is 0 Å². The van der Waals surface area contributed by atoms with Gasteiger partial charge in [-0.15, -0.1) is 11.3 Å². The molecule has 1 atom stereocenters. The average molecular weight is 435 g/mol. The molecule has 1 amide bonds. The Morgan fingerprint density at radius 1 is 1.23 bits per heavy atom. The molecule has 3 heterocycles. The van der Waals surface area contributed by atoms with Gasteiger partial charge in [0.1, 0.15) is 12.4 Å². The van der Waals surface area contributed by atoms with Gasteiger partial charge in [0.25, 0.3) is 5.91 Å². The number of benzene rings is 2. The summed E-state index contributed by atoms with van der Waals surface area (Å²) in [6.45, 7) is 3.23. The summed E-state index contributed by atoms with van der Waals surface area (Å²) in [5.74, 6) is 1.09. The summed E-state index contributed by atoms with van der Waals surface area (Å²) in [6, 6.07) is 17.0. The van der Waals surface area contributed by atoms with Crippen molar-refractivity contribution in [2.45, 2.75) is 25.9 Å². The van der Waals surface area contributed by atoms with Gasteiger partial charge in [-0.05, 0) is 61.7 Å². The minimum absolute atomic E-state index is 0.102. The quantitative estimate of drug-likeness (QED) is 0.423. The zero-order chi connectivity index (χ0) is 21.2. The van der Waals surface area contributed by atoms with Crippen LogP contribution in [0.2, 0.25) is 0 Å². The van der Waals surface area contributed by atoms with Crippen molar-refractivity contribution >= 4 is 33.1 Å². The first kappa shape index (κ1) is 19.8. The van der Waals surface area contributed by atoms with E-state index in [0.717, 1.165) is 40.2 Å². The maximum absolute atomic E-state index is 12.8. The second kappa shape index (κ2) is 8.53. The predicted molar refractivity (Wildman–Crippen MR) is 121 cm³/mol. The molecule has 2 aromatic heterocycles. The third-order valence-electron chi connectivity index (χ3n) is 5.17. The Kier molecular flexibility index (Phi) is 5.44. The van der Waals surface area contributed by atoms with Gasteiger partial charge in [0.15, 0.2) is 16.5 Å². The minimum Gasteiger partial charge on any atom is -0.489 e. The highest BCUT2D eigenvalue weighted by atomic mass is 32.1. The van der Waals surface area contributed by atoms with Gasteiger partial charge in [-0.3, -0.25) is 4.79 Å². The Balaban J connectivity index is 1.32. The van der Waals surface area contributed by atoms with E-state index in [4.69, 9.17) is 13.9 Å². The molecule has 31 heavy (non-hydrogen) atoms. The molecule has 5 rings (SSSR count). The molecular weight excluding hydrogens is 412 g/mol. The number of carbonyl (C=O) groups excluding carboxylic acids is 1. The smallest absolute Gasteiger partial charge is 0.291 e. The Morgan fingerprint density at radius 3 is 2.97 bits per heavy atom. The van der Waals surface area contributed by atoms with Crippen molar-refractivity contribution in [3.63, 3.8) is 0 Å². The first-order valence-electron chi connectivity index (χ1n) is 10.3. The number of hydrogen-bond acceptors (Lipinski definition) is 6. The fraction of sp³-hybridized carbons (Fsp3) is 0.250. The van der Waals surface area contributed by atoms with Crippen molar-refractivity contribution in [1.82, 2.24) is 4.98 Å². The molecule has 4 aromatic rings. The van der Waals surface area contributed by atoms with Crippen LogP contribution in [0.15, 0.2) is 59.0 Å². The number of ether oxygens (including phenoxy) is 2. The molecule has 1 saturated heterocycles. The van der Waals surface area contributed by atoms with Crippen LogP contribution >= 0.6 is 11.3 Å². The lowest BCUT2D eigenvalue weighted by atomic mass is 10.2. The van der Waals surface area contributed by atoms with Crippen molar-refractivity contribution < 1.29 is 18.7 Å². The van der Waals surface area contributed by atoms with Crippen LogP contribution in [0.1, 0.15) is 29.0 Å². The maximum Gasteiger partial charge on any atom is 0.291 e. The summed E-state index contributed by atoms with van der Waals surface area (Å²) in [5.41, 5.74) is 2.57. The summed E-state index contributed by atoms with van der Waals surface area (Å²) in [5, 5.41) is 3.65. The molecule has 2 aromatic carbocycles. The van der Waals surface area contributed by atoms with Crippen LogP contribution in [-0.2, 0) is 4.74 Å². The highest BCUT2D eigenvalue weighted by molar-refractivity contribution is 7.21. The standard InChI is InChI=1S/C24H22N2O4S/c1-15-8-9-17(21(13-15)29-14-16-5-4-12-28-16)25-23(27)19-10-11-20(30-19)24-26-18-6-2-3-7-22(18)31-24/h2-3,6-11,13,16H,4-5,12,14H2,1H3,(H,25,27). The van der Waals surface area contributed by atoms with Crippen LogP contribution < -0.4 is 10.1 Å². The zero-order valence-electron chi connectivity index (χ0n) is 17.1. The highest BCUT2D eigenvalue weighted by Gasteiger charge is 2.19. The van der Waals surface area contributed by atoms with Crippen molar-refractivity contribution in [3.8, 4) is 16.5 Å². The van der Waals surface area contributed by atoms with Gasteiger partial charge in [-0.2, -0.15) is 0 Å². The molecule has 1 aliphatic rings. The number of nitrogens with zero attached hydrogens (tertiary/aromatic N) is 1. The molecular formula is C24H22N2O4S.